The monoisotopic (exact) mass is 337 g/mol. The van der Waals surface area contributed by atoms with Crippen LogP contribution in [0.2, 0.25) is 0 Å². The molecule has 2 aromatic carbocycles. The number of hydrogen-bond donors (Lipinski definition) is 0. The molecule has 0 radical (unpaired) electrons. The highest BCUT2D eigenvalue weighted by molar-refractivity contribution is 5.95. The molecule has 1 saturated heterocycles. The van der Waals surface area contributed by atoms with Crippen LogP contribution in [0.3, 0.4) is 0 Å². The van der Waals surface area contributed by atoms with Gasteiger partial charge in [0.25, 0.3) is 5.91 Å². The number of anilines is 1. The van der Waals surface area contributed by atoms with Crippen molar-refractivity contribution in [2.75, 3.05) is 45.2 Å². The molecule has 4 nitrogen and oxygen atoms in total. The maximum atomic E-state index is 12.8. The highest BCUT2D eigenvalue weighted by Gasteiger charge is 2.22. The minimum absolute atomic E-state index is 0.138. The smallest absolute Gasteiger partial charge is 0.254 e. The second-order valence-corrected chi connectivity index (χ2v) is 6.94. The average Bonchev–Trinajstić information content (AvgIpc) is 2.64. The fourth-order valence-electron chi connectivity index (χ4n) is 3.24. The number of piperazine rings is 1. The van der Waals surface area contributed by atoms with Gasteiger partial charge in [0.15, 0.2) is 0 Å². The molecular weight excluding hydrogens is 310 g/mol. The van der Waals surface area contributed by atoms with Gasteiger partial charge in [0.1, 0.15) is 0 Å². The third-order valence-corrected chi connectivity index (χ3v) is 4.92. The quantitative estimate of drug-likeness (QED) is 0.858. The first-order valence-electron chi connectivity index (χ1n) is 8.88. The first-order chi connectivity index (χ1) is 12.0. The molecule has 25 heavy (non-hydrogen) atoms. The van der Waals surface area contributed by atoms with E-state index in [1.807, 2.05) is 48.2 Å². The van der Waals surface area contributed by atoms with Crippen molar-refractivity contribution in [3.63, 3.8) is 0 Å². The van der Waals surface area contributed by atoms with Crippen molar-refractivity contribution in [1.29, 1.82) is 0 Å². The molecule has 0 aliphatic carbocycles. The number of carbonyl (C=O) groups is 1. The number of aryl methyl sites for hydroxylation is 1. The molecule has 0 N–H and O–H groups in total. The van der Waals surface area contributed by atoms with E-state index < -0.39 is 0 Å². The fraction of sp³-hybridized carbons (Fsp3) is 0.381. The minimum atomic E-state index is 0.138. The highest BCUT2D eigenvalue weighted by Crippen LogP contribution is 2.17. The van der Waals surface area contributed by atoms with Crippen LogP contribution >= 0.6 is 0 Å². The van der Waals surface area contributed by atoms with Gasteiger partial charge in [-0.25, -0.2) is 0 Å². The van der Waals surface area contributed by atoms with Gasteiger partial charge in [-0.05, 0) is 36.2 Å². The molecule has 0 aromatic heterocycles. The predicted octanol–water partition coefficient (Wildman–Crippen LogP) is 3.02. The summed E-state index contributed by atoms with van der Waals surface area (Å²) in [6.07, 6.45) is 0. The van der Waals surface area contributed by atoms with E-state index in [4.69, 9.17) is 0 Å². The van der Waals surface area contributed by atoms with Crippen LogP contribution in [0.5, 0.6) is 0 Å². The maximum Gasteiger partial charge on any atom is 0.254 e. The number of carbonyl (C=O) groups excluding carboxylic acids is 1. The maximum absolute atomic E-state index is 12.8. The Bertz CT molecular complexity index is 733. The fourth-order valence-corrected chi connectivity index (χ4v) is 3.24. The van der Waals surface area contributed by atoms with Crippen LogP contribution in [-0.4, -0.2) is 56.0 Å². The van der Waals surface area contributed by atoms with Crippen LogP contribution < -0.4 is 4.90 Å². The summed E-state index contributed by atoms with van der Waals surface area (Å²) in [5.41, 5.74) is 4.55. The Balaban J connectivity index is 1.59. The van der Waals surface area contributed by atoms with Gasteiger partial charge in [-0.15, -0.1) is 0 Å². The van der Waals surface area contributed by atoms with E-state index in [0.29, 0.717) is 0 Å². The molecule has 1 amide bonds. The Labute approximate surface area is 150 Å². The molecule has 0 spiro atoms. The van der Waals surface area contributed by atoms with Crippen molar-refractivity contribution >= 4 is 11.6 Å². The predicted molar refractivity (Wildman–Crippen MR) is 103 cm³/mol. The zero-order valence-corrected chi connectivity index (χ0v) is 15.4. The molecule has 3 rings (SSSR count). The van der Waals surface area contributed by atoms with E-state index in [-0.39, 0.29) is 5.91 Å². The van der Waals surface area contributed by atoms with Crippen LogP contribution in [0.15, 0.2) is 48.5 Å². The molecule has 1 heterocycles. The summed E-state index contributed by atoms with van der Waals surface area (Å²) >= 11 is 0. The number of hydrogen-bond acceptors (Lipinski definition) is 3. The Morgan fingerprint density at radius 3 is 2.40 bits per heavy atom. The zero-order valence-electron chi connectivity index (χ0n) is 15.4. The molecule has 4 heteroatoms. The lowest BCUT2D eigenvalue weighted by atomic mass is 10.1. The van der Waals surface area contributed by atoms with Gasteiger partial charge in [0, 0.05) is 58.1 Å². The van der Waals surface area contributed by atoms with Gasteiger partial charge in [-0.1, -0.05) is 30.3 Å². The van der Waals surface area contributed by atoms with E-state index in [1.54, 1.807) is 0 Å². The summed E-state index contributed by atoms with van der Waals surface area (Å²) in [7, 11) is 3.99. The zero-order chi connectivity index (χ0) is 17.8. The summed E-state index contributed by atoms with van der Waals surface area (Å²) in [4.78, 5) is 19.2. The van der Waals surface area contributed by atoms with Gasteiger partial charge >= 0.3 is 0 Å². The van der Waals surface area contributed by atoms with Gasteiger partial charge in [0.2, 0.25) is 0 Å². The molecule has 0 atom stereocenters. The van der Waals surface area contributed by atoms with Gasteiger partial charge < -0.3 is 9.80 Å². The van der Waals surface area contributed by atoms with Crippen molar-refractivity contribution < 1.29 is 4.79 Å². The number of nitrogens with zero attached hydrogens (tertiary/aromatic N) is 3. The Morgan fingerprint density at radius 1 is 1.00 bits per heavy atom. The topological polar surface area (TPSA) is 26.8 Å². The largest absolute Gasteiger partial charge is 0.378 e. The second kappa shape index (κ2) is 7.70. The van der Waals surface area contributed by atoms with E-state index in [9.17, 15) is 4.79 Å². The number of benzene rings is 2. The van der Waals surface area contributed by atoms with Crippen molar-refractivity contribution in [1.82, 2.24) is 9.80 Å². The third kappa shape index (κ3) is 4.20. The molecule has 0 bridgehead atoms. The number of amides is 1. The van der Waals surface area contributed by atoms with Gasteiger partial charge in [-0.3, -0.25) is 9.69 Å². The second-order valence-electron chi connectivity index (χ2n) is 6.94. The average molecular weight is 337 g/mol. The van der Waals surface area contributed by atoms with Crippen molar-refractivity contribution in [3.8, 4) is 0 Å². The van der Waals surface area contributed by atoms with Gasteiger partial charge in [0.05, 0.1) is 0 Å². The first kappa shape index (κ1) is 17.5. The summed E-state index contributed by atoms with van der Waals surface area (Å²) in [5, 5.41) is 0. The normalized spacial score (nSPS) is 15.2. The van der Waals surface area contributed by atoms with E-state index in [0.717, 1.165) is 44.0 Å². The van der Waals surface area contributed by atoms with Crippen LogP contribution in [0.1, 0.15) is 21.5 Å². The highest BCUT2D eigenvalue weighted by atomic mass is 16.2. The van der Waals surface area contributed by atoms with Crippen LogP contribution in [0.4, 0.5) is 5.69 Å². The van der Waals surface area contributed by atoms with Crippen LogP contribution in [0.25, 0.3) is 0 Å². The minimum Gasteiger partial charge on any atom is -0.378 e. The lowest BCUT2D eigenvalue weighted by molar-refractivity contribution is 0.0628. The summed E-state index contributed by atoms with van der Waals surface area (Å²) in [5.74, 6) is 0.138. The molecule has 1 aliphatic heterocycles. The Hall–Kier alpha value is -2.33. The molecule has 0 unspecified atom stereocenters. The molecule has 1 fully saturated rings. The third-order valence-electron chi connectivity index (χ3n) is 4.92. The Morgan fingerprint density at radius 2 is 1.72 bits per heavy atom. The SMILES string of the molecule is Cc1ccccc1CN1CCN(C(=O)c2cccc(N(C)C)c2)CC1. The van der Waals surface area contributed by atoms with Gasteiger partial charge in [-0.2, -0.15) is 0 Å². The Kier molecular flexibility index (Phi) is 5.39. The number of rotatable bonds is 4. The van der Waals surface area contributed by atoms with Crippen LogP contribution in [-0.2, 0) is 6.54 Å². The van der Waals surface area contributed by atoms with Crippen molar-refractivity contribution in [3.05, 3.63) is 65.2 Å². The van der Waals surface area contributed by atoms with Crippen molar-refractivity contribution in [2.24, 2.45) is 0 Å². The summed E-state index contributed by atoms with van der Waals surface area (Å²) in [6, 6.07) is 16.4. The molecule has 132 valence electrons. The lowest BCUT2D eigenvalue weighted by Crippen LogP contribution is -2.48. The first-order valence-corrected chi connectivity index (χ1v) is 8.88. The molecule has 0 saturated carbocycles. The van der Waals surface area contributed by atoms with E-state index in [1.165, 1.54) is 11.1 Å². The van der Waals surface area contributed by atoms with E-state index in [2.05, 4.69) is 36.1 Å². The van der Waals surface area contributed by atoms with Crippen molar-refractivity contribution in [2.45, 2.75) is 13.5 Å². The van der Waals surface area contributed by atoms with Crippen LogP contribution in [0, 0.1) is 6.92 Å². The molecule has 2 aromatic rings. The standard InChI is InChI=1S/C21H27N3O/c1-17-7-4-5-8-19(17)16-23-11-13-24(14-12-23)21(25)18-9-6-10-20(15-18)22(2)3/h4-10,15H,11-14,16H2,1-3H3. The molecular formula is C21H27N3O. The molecule has 1 aliphatic rings. The van der Waals surface area contributed by atoms with E-state index >= 15 is 0 Å². The summed E-state index contributed by atoms with van der Waals surface area (Å²) in [6.45, 7) is 6.55. The lowest BCUT2D eigenvalue weighted by Gasteiger charge is -2.35. The summed E-state index contributed by atoms with van der Waals surface area (Å²) < 4.78 is 0.